The van der Waals surface area contributed by atoms with Crippen LogP contribution in [0.3, 0.4) is 0 Å². The summed E-state index contributed by atoms with van der Waals surface area (Å²) in [5.74, 6) is 2.72. The van der Waals surface area contributed by atoms with E-state index in [1.807, 2.05) is 36.9 Å². The molecule has 1 aliphatic heterocycles. The second-order valence-corrected chi connectivity index (χ2v) is 7.43. The summed E-state index contributed by atoms with van der Waals surface area (Å²) in [4.78, 5) is 18.9. The molecule has 0 amide bonds. The number of aryl methyl sites for hydroxylation is 2. The molecule has 1 fully saturated rings. The van der Waals surface area contributed by atoms with Crippen molar-refractivity contribution in [1.82, 2.24) is 24.3 Å². The van der Waals surface area contributed by atoms with E-state index in [1.165, 1.54) is 0 Å². The summed E-state index contributed by atoms with van der Waals surface area (Å²) in [6, 6.07) is 7.57. The van der Waals surface area contributed by atoms with Gasteiger partial charge in [0.15, 0.2) is 0 Å². The number of nitrogen functional groups attached to an aromatic ring is 1. The number of nitrogens with two attached hydrogens (primary N) is 1. The lowest BCUT2D eigenvalue weighted by Crippen LogP contribution is -2.34. The molecule has 0 saturated carbocycles. The number of piperidine rings is 1. The molecule has 146 valence electrons. The third kappa shape index (κ3) is 3.26. The van der Waals surface area contributed by atoms with Gasteiger partial charge in [-0.3, -0.25) is 4.79 Å². The van der Waals surface area contributed by atoms with Crippen molar-refractivity contribution >= 4 is 11.8 Å². The fourth-order valence-corrected chi connectivity index (χ4v) is 3.82. The van der Waals surface area contributed by atoms with Gasteiger partial charge in [0, 0.05) is 62.2 Å². The van der Waals surface area contributed by atoms with E-state index in [4.69, 9.17) is 10.7 Å². The highest BCUT2D eigenvalue weighted by Gasteiger charge is 2.27. The fourth-order valence-electron chi connectivity index (χ4n) is 3.82. The number of nitrogens with zero attached hydrogens (tertiary/aromatic N) is 6. The number of aromatic nitrogens is 5. The molecule has 1 aliphatic rings. The summed E-state index contributed by atoms with van der Waals surface area (Å²) in [6.07, 6.45) is 3.80. The quantitative estimate of drug-likeness (QED) is 0.746. The van der Waals surface area contributed by atoms with Gasteiger partial charge in [-0.1, -0.05) is 0 Å². The summed E-state index contributed by atoms with van der Waals surface area (Å²) in [5.41, 5.74) is 8.83. The van der Waals surface area contributed by atoms with E-state index < -0.39 is 0 Å². The Bertz CT molecular complexity index is 1060. The summed E-state index contributed by atoms with van der Waals surface area (Å²) in [5, 5.41) is 8.24. The van der Waals surface area contributed by atoms with Crippen LogP contribution < -0.4 is 16.2 Å². The summed E-state index contributed by atoms with van der Waals surface area (Å²) < 4.78 is 3.48. The van der Waals surface area contributed by atoms with Crippen molar-refractivity contribution < 1.29 is 0 Å². The van der Waals surface area contributed by atoms with E-state index in [9.17, 15) is 4.79 Å². The molecule has 4 heterocycles. The van der Waals surface area contributed by atoms with Crippen LogP contribution in [0.4, 0.5) is 11.8 Å². The first kappa shape index (κ1) is 18.2. The molecule has 0 bridgehead atoms. The largest absolute Gasteiger partial charge is 0.368 e. The molecule has 8 nitrogen and oxygen atoms in total. The second-order valence-electron chi connectivity index (χ2n) is 7.43. The molecule has 4 rings (SSSR count). The smallest absolute Gasteiger partial charge is 0.250 e. The van der Waals surface area contributed by atoms with Gasteiger partial charge in [-0.15, -0.1) is 10.2 Å². The third-order valence-electron chi connectivity index (χ3n) is 5.51. The monoisotopic (exact) mass is 379 g/mol. The van der Waals surface area contributed by atoms with Crippen LogP contribution in [0.25, 0.3) is 11.1 Å². The maximum atomic E-state index is 11.8. The van der Waals surface area contributed by atoms with Gasteiger partial charge in [-0.25, -0.2) is 4.98 Å². The minimum atomic E-state index is -0.0193. The van der Waals surface area contributed by atoms with Crippen molar-refractivity contribution in [2.24, 2.45) is 14.1 Å². The van der Waals surface area contributed by atoms with Gasteiger partial charge in [0.2, 0.25) is 11.5 Å². The number of hydrogen-bond donors (Lipinski definition) is 1. The Balaban J connectivity index is 1.61. The zero-order chi connectivity index (χ0) is 19.8. The summed E-state index contributed by atoms with van der Waals surface area (Å²) >= 11 is 0. The fraction of sp³-hybridized carbons (Fsp3) is 0.400. The lowest BCUT2D eigenvalue weighted by Gasteiger charge is -2.33. The van der Waals surface area contributed by atoms with Gasteiger partial charge in [-0.05, 0) is 38.0 Å². The Hall–Kier alpha value is -3.16. The Labute approximate surface area is 163 Å². The molecule has 1 saturated heterocycles. The lowest BCUT2D eigenvalue weighted by molar-refractivity contribution is 0.472. The van der Waals surface area contributed by atoms with Gasteiger partial charge in [-0.2, -0.15) is 0 Å². The zero-order valence-corrected chi connectivity index (χ0v) is 16.5. The van der Waals surface area contributed by atoms with E-state index in [2.05, 4.69) is 21.2 Å². The van der Waals surface area contributed by atoms with Crippen molar-refractivity contribution in [1.29, 1.82) is 0 Å². The molecule has 0 unspecified atom stereocenters. The van der Waals surface area contributed by atoms with Crippen molar-refractivity contribution in [2.45, 2.75) is 25.7 Å². The van der Waals surface area contributed by atoms with E-state index in [1.54, 1.807) is 17.7 Å². The summed E-state index contributed by atoms with van der Waals surface area (Å²) in [7, 11) is 3.68. The molecule has 8 heteroatoms. The highest BCUT2D eigenvalue weighted by atomic mass is 16.1. The van der Waals surface area contributed by atoms with Crippen LogP contribution in [0.2, 0.25) is 0 Å². The molecule has 3 aromatic heterocycles. The minimum absolute atomic E-state index is 0.0193. The maximum absolute atomic E-state index is 11.8. The first-order chi connectivity index (χ1) is 13.4. The Kier molecular flexibility index (Phi) is 4.62. The van der Waals surface area contributed by atoms with E-state index in [0.29, 0.717) is 11.9 Å². The molecular formula is C20H25N7O. The second kappa shape index (κ2) is 7.10. The van der Waals surface area contributed by atoms with E-state index in [-0.39, 0.29) is 5.56 Å². The van der Waals surface area contributed by atoms with Gasteiger partial charge >= 0.3 is 0 Å². The van der Waals surface area contributed by atoms with Gasteiger partial charge in [0.1, 0.15) is 11.6 Å². The Morgan fingerprint density at radius 1 is 1.07 bits per heavy atom. The Morgan fingerprint density at radius 3 is 2.46 bits per heavy atom. The minimum Gasteiger partial charge on any atom is -0.368 e. The summed E-state index contributed by atoms with van der Waals surface area (Å²) in [6.45, 7) is 3.77. The topological polar surface area (TPSA) is 94.9 Å². The van der Waals surface area contributed by atoms with Crippen molar-refractivity contribution in [2.75, 3.05) is 23.7 Å². The van der Waals surface area contributed by atoms with Crippen LogP contribution in [0.5, 0.6) is 0 Å². The maximum Gasteiger partial charge on any atom is 0.250 e. The highest BCUT2D eigenvalue weighted by Crippen LogP contribution is 2.34. The molecule has 0 aromatic carbocycles. The number of rotatable bonds is 3. The average Bonchev–Trinajstić information content (AvgIpc) is 3.03. The van der Waals surface area contributed by atoms with Crippen molar-refractivity contribution in [3.05, 3.63) is 52.3 Å². The van der Waals surface area contributed by atoms with E-state index >= 15 is 0 Å². The Morgan fingerprint density at radius 2 is 1.82 bits per heavy atom. The molecule has 0 aliphatic carbocycles. The molecule has 2 N–H and O–H groups in total. The highest BCUT2D eigenvalue weighted by molar-refractivity contribution is 5.75. The standard InChI is InChI=1S/C20H25N7O/c1-13-4-6-16(15-5-7-17(28)25(2)12-15)19(22-13)27-10-8-14(9-11-27)18-23-24-20(21)26(18)3/h4-7,12,14H,8-11H2,1-3H3,(H2,21,24). The lowest BCUT2D eigenvalue weighted by atomic mass is 9.95. The number of anilines is 2. The molecule has 0 radical (unpaired) electrons. The van der Waals surface area contributed by atoms with Crippen molar-refractivity contribution in [3.63, 3.8) is 0 Å². The molecular weight excluding hydrogens is 354 g/mol. The van der Waals surface area contributed by atoms with Crippen LogP contribution in [0, 0.1) is 6.92 Å². The average molecular weight is 379 g/mol. The molecule has 28 heavy (non-hydrogen) atoms. The zero-order valence-electron chi connectivity index (χ0n) is 16.5. The van der Waals surface area contributed by atoms with Crippen LogP contribution in [0.15, 0.2) is 35.3 Å². The normalized spacial score (nSPS) is 15.2. The molecule has 0 spiro atoms. The van der Waals surface area contributed by atoms with Crippen LogP contribution in [-0.4, -0.2) is 37.4 Å². The van der Waals surface area contributed by atoms with Crippen LogP contribution in [0.1, 0.15) is 30.3 Å². The van der Waals surface area contributed by atoms with Crippen LogP contribution >= 0.6 is 0 Å². The number of hydrogen-bond acceptors (Lipinski definition) is 6. The molecule has 0 atom stereocenters. The first-order valence-electron chi connectivity index (χ1n) is 9.48. The third-order valence-corrected chi connectivity index (χ3v) is 5.51. The first-order valence-corrected chi connectivity index (χ1v) is 9.48. The molecule has 3 aromatic rings. The predicted octanol–water partition coefficient (Wildman–Crippen LogP) is 1.85. The van der Waals surface area contributed by atoms with Crippen LogP contribution in [-0.2, 0) is 14.1 Å². The number of pyridine rings is 2. The van der Waals surface area contributed by atoms with Gasteiger partial charge < -0.3 is 19.8 Å². The van der Waals surface area contributed by atoms with Crippen molar-refractivity contribution in [3.8, 4) is 11.1 Å². The predicted molar refractivity (Wildman–Crippen MR) is 109 cm³/mol. The SMILES string of the molecule is Cc1ccc(-c2ccc(=O)n(C)c2)c(N2CCC(c3nnc(N)n3C)CC2)n1. The van der Waals surface area contributed by atoms with Gasteiger partial charge in [0.05, 0.1) is 0 Å². The van der Waals surface area contributed by atoms with E-state index in [0.717, 1.165) is 54.4 Å². The van der Waals surface area contributed by atoms with Gasteiger partial charge in [0.25, 0.3) is 0 Å².